The van der Waals surface area contributed by atoms with Crippen molar-refractivity contribution in [2.24, 2.45) is 0 Å². The monoisotopic (exact) mass is 322 g/mol. The number of carboxylic acids is 1. The van der Waals surface area contributed by atoms with Crippen LogP contribution in [0.15, 0.2) is 22.7 Å². The topological polar surface area (TPSA) is 55.1 Å². The Hall–Kier alpha value is -1.62. The summed E-state index contributed by atoms with van der Waals surface area (Å²) in [4.78, 5) is 11.2. The van der Waals surface area contributed by atoms with Crippen LogP contribution in [-0.2, 0) is 6.54 Å². The van der Waals surface area contributed by atoms with Crippen molar-refractivity contribution in [2.75, 3.05) is 0 Å². The number of benzene rings is 1. The van der Waals surface area contributed by atoms with Gasteiger partial charge in [-0.3, -0.25) is 4.68 Å². The van der Waals surface area contributed by atoms with Gasteiger partial charge in [0.2, 0.25) is 0 Å². The van der Waals surface area contributed by atoms with Crippen LogP contribution in [0.2, 0.25) is 0 Å². The Morgan fingerprint density at radius 3 is 2.63 bits per heavy atom. The third kappa shape index (κ3) is 2.42. The van der Waals surface area contributed by atoms with Gasteiger partial charge < -0.3 is 5.11 Å². The molecule has 1 aromatic heterocycles. The normalized spacial score (nSPS) is 10.7. The molecule has 0 bridgehead atoms. The fourth-order valence-electron chi connectivity index (χ4n) is 2.14. The largest absolute Gasteiger partial charge is 0.476 e. The molecule has 1 aromatic carbocycles. The average molecular weight is 323 g/mol. The molecule has 1 N–H and O–H groups in total. The molecule has 0 atom stereocenters. The van der Waals surface area contributed by atoms with E-state index < -0.39 is 5.97 Å². The zero-order chi connectivity index (χ0) is 14.2. The lowest BCUT2D eigenvalue weighted by atomic mass is 10.0. The Bertz CT molecular complexity index is 647. The molecule has 0 amide bonds. The highest BCUT2D eigenvalue weighted by atomic mass is 79.9. The summed E-state index contributed by atoms with van der Waals surface area (Å²) in [5.41, 5.74) is 4.15. The number of aromatic nitrogens is 2. The number of halogens is 1. The minimum absolute atomic E-state index is 0.0526. The summed E-state index contributed by atoms with van der Waals surface area (Å²) in [6.07, 6.45) is 0. The van der Waals surface area contributed by atoms with Gasteiger partial charge in [-0.2, -0.15) is 5.10 Å². The fraction of sp³-hybridized carbons (Fsp3) is 0.286. The van der Waals surface area contributed by atoms with Crippen LogP contribution < -0.4 is 0 Å². The first kappa shape index (κ1) is 13.8. The second-order valence-electron chi connectivity index (χ2n) is 4.45. The van der Waals surface area contributed by atoms with E-state index in [2.05, 4.69) is 27.1 Å². The maximum absolute atomic E-state index is 11.2. The van der Waals surface area contributed by atoms with E-state index in [0.717, 1.165) is 16.8 Å². The highest BCUT2D eigenvalue weighted by molar-refractivity contribution is 9.10. The van der Waals surface area contributed by atoms with Gasteiger partial charge in [-0.15, -0.1) is 0 Å². The zero-order valence-electron chi connectivity index (χ0n) is 11.1. The lowest BCUT2D eigenvalue weighted by Gasteiger charge is -2.09. The van der Waals surface area contributed by atoms with Crippen molar-refractivity contribution in [3.8, 4) is 11.3 Å². The number of hydrogen-bond acceptors (Lipinski definition) is 2. The van der Waals surface area contributed by atoms with Crippen LogP contribution in [0.25, 0.3) is 11.3 Å². The first-order chi connectivity index (χ1) is 8.95. The highest BCUT2D eigenvalue weighted by Gasteiger charge is 2.22. The van der Waals surface area contributed by atoms with Gasteiger partial charge in [-0.05, 0) is 42.3 Å². The Morgan fingerprint density at radius 2 is 2.11 bits per heavy atom. The second-order valence-corrected chi connectivity index (χ2v) is 5.24. The van der Waals surface area contributed by atoms with Crippen molar-refractivity contribution in [1.29, 1.82) is 0 Å². The van der Waals surface area contributed by atoms with Gasteiger partial charge in [-0.25, -0.2) is 4.79 Å². The standard InChI is InChI=1S/C14H15BrN2O2/c1-4-17-13(11(15)12(16-17)14(18)19)10-6-5-8(2)7-9(10)3/h5-7H,4H2,1-3H3,(H,18,19). The number of aryl methyl sites for hydroxylation is 3. The quantitative estimate of drug-likeness (QED) is 0.938. The maximum atomic E-state index is 11.2. The molecule has 1 heterocycles. The molecule has 0 aliphatic rings. The third-order valence-corrected chi connectivity index (χ3v) is 3.78. The van der Waals surface area contributed by atoms with Crippen molar-refractivity contribution in [1.82, 2.24) is 9.78 Å². The van der Waals surface area contributed by atoms with Crippen molar-refractivity contribution in [3.63, 3.8) is 0 Å². The van der Waals surface area contributed by atoms with Crippen LogP contribution in [0.4, 0.5) is 0 Å². The number of carboxylic acid groups (broad SMARTS) is 1. The van der Waals surface area contributed by atoms with Gasteiger partial charge in [0.15, 0.2) is 5.69 Å². The summed E-state index contributed by atoms with van der Waals surface area (Å²) >= 11 is 3.37. The van der Waals surface area contributed by atoms with Crippen LogP contribution in [0, 0.1) is 13.8 Å². The van der Waals surface area contributed by atoms with E-state index in [1.807, 2.05) is 32.9 Å². The van der Waals surface area contributed by atoms with Crippen molar-refractivity contribution in [3.05, 3.63) is 39.5 Å². The van der Waals surface area contributed by atoms with Gasteiger partial charge >= 0.3 is 5.97 Å². The molecule has 5 heteroatoms. The first-order valence-electron chi connectivity index (χ1n) is 6.03. The molecule has 0 unspecified atom stereocenters. The SMILES string of the molecule is CCn1nc(C(=O)O)c(Br)c1-c1ccc(C)cc1C. The van der Waals surface area contributed by atoms with Crippen LogP contribution in [-0.4, -0.2) is 20.9 Å². The van der Waals surface area contributed by atoms with Gasteiger partial charge in [0, 0.05) is 12.1 Å². The molecule has 0 saturated carbocycles. The minimum atomic E-state index is -1.02. The van der Waals surface area contributed by atoms with Crippen molar-refractivity contribution < 1.29 is 9.90 Å². The summed E-state index contributed by atoms with van der Waals surface area (Å²) in [5, 5.41) is 13.3. The van der Waals surface area contributed by atoms with E-state index in [1.165, 1.54) is 5.56 Å². The summed E-state index contributed by atoms with van der Waals surface area (Å²) in [6.45, 7) is 6.61. The predicted octanol–water partition coefficient (Wildman–Crippen LogP) is 3.65. The summed E-state index contributed by atoms with van der Waals surface area (Å²) < 4.78 is 2.25. The van der Waals surface area contributed by atoms with E-state index in [0.29, 0.717) is 11.0 Å². The predicted molar refractivity (Wildman–Crippen MR) is 77.5 cm³/mol. The Balaban J connectivity index is 2.70. The Labute approximate surface area is 120 Å². The number of carbonyl (C=O) groups is 1. The average Bonchev–Trinajstić information content (AvgIpc) is 2.67. The molecular formula is C14H15BrN2O2. The van der Waals surface area contributed by atoms with Gasteiger partial charge in [0.1, 0.15) is 0 Å². The smallest absolute Gasteiger partial charge is 0.357 e. The van der Waals surface area contributed by atoms with Crippen LogP contribution in [0.5, 0.6) is 0 Å². The van der Waals surface area contributed by atoms with Crippen molar-refractivity contribution in [2.45, 2.75) is 27.3 Å². The van der Waals surface area contributed by atoms with E-state index in [9.17, 15) is 4.79 Å². The maximum Gasteiger partial charge on any atom is 0.357 e. The molecule has 0 aliphatic heterocycles. The number of nitrogens with zero attached hydrogens (tertiary/aromatic N) is 2. The Kier molecular flexibility index (Phi) is 3.75. The minimum Gasteiger partial charge on any atom is -0.476 e. The lowest BCUT2D eigenvalue weighted by Crippen LogP contribution is -2.02. The van der Waals surface area contributed by atoms with Gasteiger partial charge in [0.25, 0.3) is 0 Å². The molecule has 4 nitrogen and oxygen atoms in total. The third-order valence-electron chi connectivity index (χ3n) is 3.03. The zero-order valence-corrected chi connectivity index (χ0v) is 12.7. The van der Waals surface area contributed by atoms with Crippen LogP contribution in [0.1, 0.15) is 28.5 Å². The summed E-state index contributed by atoms with van der Waals surface area (Å²) in [5.74, 6) is -1.02. The highest BCUT2D eigenvalue weighted by Crippen LogP contribution is 2.33. The first-order valence-corrected chi connectivity index (χ1v) is 6.82. The van der Waals surface area contributed by atoms with Crippen molar-refractivity contribution >= 4 is 21.9 Å². The molecular weight excluding hydrogens is 308 g/mol. The number of aromatic carboxylic acids is 1. The van der Waals surface area contributed by atoms with E-state index in [1.54, 1.807) is 4.68 Å². The molecule has 0 aliphatic carbocycles. The number of rotatable bonds is 3. The second kappa shape index (κ2) is 5.17. The molecule has 2 rings (SSSR count). The van der Waals surface area contributed by atoms with Crippen LogP contribution >= 0.6 is 15.9 Å². The van der Waals surface area contributed by atoms with Gasteiger partial charge in [0.05, 0.1) is 10.2 Å². The summed E-state index contributed by atoms with van der Waals surface area (Å²) in [6, 6.07) is 6.10. The Morgan fingerprint density at radius 1 is 1.42 bits per heavy atom. The molecule has 0 saturated heterocycles. The summed E-state index contributed by atoms with van der Waals surface area (Å²) in [7, 11) is 0. The number of hydrogen-bond donors (Lipinski definition) is 1. The van der Waals surface area contributed by atoms with E-state index >= 15 is 0 Å². The van der Waals surface area contributed by atoms with Gasteiger partial charge in [-0.1, -0.05) is 23.8 Å². The molecule has 0 radical (unpaired) electrons. The molecule has 2 aromatic rings. The van der Waals surface area contributed by atoms with E-state index in [-0.39, 0.29) is 5.69 Å². The van der Waals surface area contributed by atoms with E-state index in [4.69, 9.17) is 5.11 Å². The lowest BCUT2D eigenvalue weighted by molar-refractivity contribution is 0.0688. The molecule has 19 heavy (non-hydrogen) atoms. The molecule has 100 valence electrons. The fourth-order valence-corrected chi connectivity index (χ4v) is 2.81. The van der Waals surface area contributed by atoms with Crippen LogP contribution in [0.3, 0.4) is 0 Å². The molecule has 0 spiro atoms. The molecule has 0 fully saturated rings.